The van der Waals surface area contributed by atoms with Crippen LogP contribution in [-0.4, -0.2) is 56.1 Å². The third-order valence-electron chi connectivity index (χ3n) is 5.06. The van der Waals surface area contributed by atoms with Gasteiger partial charge in [-0.05, 0) is 37.5 Å². The summed E-state index contributed by atoms with van der Waals surface area (Å²) >= 11 is 0. The van der Waals surface area contributed by atoms with Crippen molar-refractivity contribution in [3.8, 4) is 0 Å². The molecule has 7 nitrogen and oxygen atoms in total. The molecule has 0 aromatic heterocycles. The number of piperidine rings is 1. The Labute approximate surface area is 148 Å². The van der Waals surface area contributed by atoms with E-state index in [2.05, 4.69) is 5.32 Å². The second-order valence-corrected chi connectivity index (χ2v) is 8.85. The zero-order valence-corrected chi connectivity index (χ0v) is 15.3. The zero-order valence-electron chi connectivity index (χ0n) is 14.5. The van der Waals surface area contributed by atoms with Crippen molar-refractivity contribution in [1.29, 1.82) is 0 Å². The largest absolute Gasteiger partial charge is 0.345 e. The smallest absolute Gasteiger partial charge is 0.243 e. The number of amides is 2. The molecule has 2 saturated heterocycles. The molecule has 0 bridgehead atoms. The molecule has 25 heavy (non-hydrogen) atoms. The fourth-order valence-electron chi connectivity index (χ4n) is 3.77. The Morgan fingerprint density at radius 1 is 1.24 bits per heavy atom. The second kappa shape index (κ2) is 6.42. The number of likely N-dealkylation sites (tertiary alicyclic amines) is 1. The SMILES string of the molecule is CC(=O)Nc1cccc(S(=O)(=O)N2CC[C@@]3(CCCN(C)C3=O)C2)c1. The van der Waals surface area contributed by atoms with Crippen LogP contribution in [0, 0.1) is 5.41 Å². The third kappa shape index (κ3) is 3.28. The summed E-state index contributed by atoms with van der Waals surface area (Å²) < 4.78 is 27.3. The van der Waals surface area contributed by atoms with Crippen LogP contribution < -0.4 is 5.32 Å². The number of sulfonamides is 1. The van der Waals surface area contributed by atoms with Crippen LogP contribution in [0.1, 0.15) is 26.2 Å². The predicted molar refractivity (Wildman–Crippen MR) is 93.4 cm³/mol. The maximum Gasteiger partial charge on any atom is 0.243 e. The minimum Gasteiger partial charge on any atom is -0.345 e. The van der Waals surface area contributed by atoms with E-state index in [0.29, 0.717) is 18.7 Å². The Morgan fingerprint density at radius 3 is 2.72 bits per heavy atom. The Bertz CT molecular complexity index is 808. The molecule has 2 aliphatic heterocycles. The molecule has 1 atom stereocenters. The van der Waals surface area contributed by atoms with Gasteiger partial charge < -0.3 is 10.2 Å². The molecular formula is C17H23N3O4S. The van der Waals surface area contributed by atoms with Crippen molar-refractivity contribution >= 4 is 27.5 Å². The van der Waals surface area contributed by atoms with Gasteiger partial charge in [-0.3, -0.25) is 9.59 Å². The van der Waals surface area contributed by atoms with Crippen molar-refractivity contribution in [2.24, 2.45) is 5.41 Å². The molecule has 2 heterocycles. The molecule has 0 saturated carbocycles. The monoisotopic (exact) mass is 365 g/mol. The number of rotatable bonds is 3. The lowest BCUT2D eigenvalue weighted by Gasteiger charge is -2.37. The normalized spacial score (nSPS) is 24.7. The molecule has 1 aromatic carbocycles. The van der Waals surface area contributed by atoms with Crippen molar-refractivity contribution in [3.63, 3.8) is 0 Å². The second-order valence-electron chi connectivity index (χ2n) is 6.91. The molecule has 2 fully saturated rings. The van der Waals surface area contributed by atoms with Gasteiger partial charge in [-0.1, -0.05) is 6.07 Å². The number of nitrogens with zero attached hydrogens (tertiary/aromatic N) is 2. The fourth-order valence-corrected chi connectivity index (χ4v) is 5.35. The van der Waals surface area contributed by atoms with Gasteiger partial charge in [-0.15, -0.1) is 0 Å². The van der Waals surface area contributed by atoms with Crippen molar-refractivity contribution in [2.45, 2.75) is 31.1 Å². The number of carbonyl (C=O) groups is 2. The van der Waals surface area contributed by atoms with E-state index in [4.69, 9.17) is 0 Å². The summed E-state index contributed by atoms with van der Waals surface area (Å²) in [6.07, 6.45) is 2.18. The van der Waals surface area contributed by atoms with Gasteiger partial charge >= 0.3 is 0 Å². The van der Waals surface area contributed by atoms with Crippen LogP contribution in [0.5, 0.6) is 0 Å². The molecule has 136 valence electrons. The summed E-state index contributed by atoms with van der Waals surface area (Å²) in [5.74, 6) is -0.214. The molecule has 1 spiro atoms. The number of hydrogen-bond acceptors (Lipinski definition) is 4. The first kappa shape index (κ1) is 17.9. The van der Waals surface area contributed by atoms with Crippen LogP contribution in [-0.2, 0) is 19.6 Å². The Kier molecular flexibility index (Phi) is 4.59. The predicted octanol–water partition coefficient (Wildman–Crippen LogP) is 1.28. The van der Waals surface area contributed by atoms with Crippen molar-refractivity contribution in [1.82, 2.24) is 9.21 Å². The molecule has 0 unspecified atom stereocenters. The van der Waals surface area contributed by atoms with Gasteiger partial charge in [-0.2, -0.15) is 4.31 Å². The summed E-state index contributed by atoms with van der Waals surface area (Å²) in [5.41, 5.74) is -0.147. The molecule has 8 heteroatoms. The van der Waals surface area contributed by atoms with Gasteiger partial charge in [0, 0.05) is 39.3 Å². The standard InChI is InChI=1S/C17H23N3O4S/c1-13(21)18-14-5-3-6-15(11-14)25(23,24)20-10-8-17(12-20)7-4-9-19(2)16(17)22/h3,5-6,11H,4,7-10,12H2,1-2H3,(H,18,21)/t17-/m0/s1. The zero-order chi connectivity index (χ0) is 18.2. The lowest BCUT2D eigenvalue weighted by Crippen LogP contribution is -2.48. The molecule has 1 aromatic rings. The first-order valence-electron chi connectivity index (χ1n) is 8.38. The number of carbonyl (C=O) groups excluding carboxylic acids is 2. The highest BCUT2D eigenvalue weighted by Gasteiger charge is 2.50. The first-order chi connectivity index (χ1) is 11.7. The maximum atomic E-state index is 13.0. The molecular weight excluding hydrogens is 342 g/mol. The highest BCUT2D eigenvalue weighted by molar-refractivity contribution is 7.89. The summed E-state index contributed by atoms with van der Waals surface area (Å²) in [4.78, 5) is 25.6. The van der Waals surface area contributed by atoms with E-state index in [1.54, 1.807) is 24.1 Å². The van der Waals surface area contributed by atoms with Gasteiger partial charge in [-0.25, -0.2) is 8.42 Å². The Hall–Kier alpha value is -1.93. The Balaban J connectivity index is 1.84. The molecule has 2 amide bonds. The van der Waals surface area contributed by atoms with Gasteiger partial charge in [0.25, 0.3) is 0 Å². The lowest BCUT2D eigenvalue weighted by atomic mass is 9.78. The third-order valence-corrected chi connectivity index (χ3v) is 6.90. The van der Waals surface area contributed by atoms with E-state index >= 15 is 0 Å². The summed E-state index contributed by atoms with van der Waals surface area (Å²) in [6.45, 7) is 2.66. The van der Waals surface area contributed by atoms with Gasteiger partial charge in [0.15, 0.2) is 0 Å². The van der Waals surface area contributed by atoms with Crippen LogP contribution in [0.4, 0.5) is 5.69 Å². The van der Waals surface area contributed by atoms with E-state index < -0.39 is 15.4 Å². The number of nitrogens with one attached hydrogen (secondary N) is 1. The summed E-state index contributed by atoms with van der Waals surface area (Å²) in [5, 5.41) is 2.59. The average molecular weight is 365 g/mol. The summed E-state index contributed by atoms with van der Waals surface area (Å²) in [6, 6.07) is 6.21. The molecule has 1 N–H and O–H groups in total. The lowest BCUT2D eigenvalue weighted by molar-refractivity contribution is -0.143. The van der Waals surface area contributed by atoms with E-state index in [1.165, 1.54) is 23.4 Å². The van der Waals surface area contributed by atoms with E-state index in [0.717, 1.165) is 19.4 Å². The highest BCUT2D eigenvalue weighted by atomic mass is 32.2. The van der Waals surface area contributed by atoms with Crippen LogP contribution in [0.2, 0.25) is 0 Å². The van der Waals surface area contributed by atoms with Crippen molar-refractivity contribution in [3.05, 3.63) is 24.3 Å². The number of anilines is 1. The van der Waals surface area contributed by atoms with Crippen LogP contribution in [0.15, 0.2) is 29.2 Å². The number of hydrogen-bond donors (Lipinski definition) is 1. The molecule has 0 radical (unpaired) electrons. The van der Waals surface area contributed by atoms with E-state index in [-0.39, 0.29) is 23.3 Å². The number of benzene rings is 1. The maximum absolute atomic E-state index is 13.0. The van der Waals surface area contributed by atoms with Gasteiger partial charge in [0.1, 0.15) is 0 Å². The minimum absolute atomic E-state index is 0.0449. The highest BCUT2D eigenvalue weighted by Crippen LogP contribution is 2.41. The van der Waals surface area contributed by atoms with Crippen LogP contribution in [0.3, 0.4) is 0 Å². The topological polar surface area (TPSA) is 86.8 Å². The fraction of sp³-hybridized carbons (Fsp3) is 0.529. The van der Waals surface area contributed by atoms with Gasteiger partial charge in [0.05, 0.1) is 10.3 Å². The van der Waals surface area contributed by atoms with E-state index in [1.807, 2.05) is 0 Å². The molecule has 2 aliphatic rings. The van der Waals surface area contributed by atoms with E-state index in [9.17, 15) is 18.0 Å². The molecule has 3 rings (SSSR count). The van der Waals surface area contributed by atoms with Crippen molar-refractivity contribution in [2.75, 3.05) is 32.0 Å². The quantitative estimate of drug-likeness (QED) is 0.874. The first-order valence-corrected chi connectivity index (χ1v) is 9.82. The van der Waals surface area contributed by atoms with Crippen LogP contribution >= 0.6 is 0 Å². The molecule has 0 aliphatic carbocycles. The summed E-state index contributed by atoms with van der Waals surface area (Å²) in [7, 11) is -1.93. The Morgan fingerprint density at radius 2 is 2.00 bits per heavy atom. The van der Waals surface area contributed by atoms with Crippen molar-refractivity contribution < 1.29 is 18.0 Å². The minimum atomic E-state index is -3.70. The van der Waals surface area contributed by atoms with Crippen LogP contribution in [0.25, 0.3) is 0 Å². The van der Waals surface area contributed by atoms with Gasteiger partial charge in [0.2, 0.25) is 21.8 Å². The average Bonchev–Trinajstić information content (AvgIpc) is 2.98.